The number of nitrogens with two attached hydrogens (primary N) is 1. The Morgan fingerprint density at radius 3 is 2.93 bits per heavy atom. The van der Waals surface area contributed by atoms with Crippen molar-refractivity contribution < 1.29 is 9.53 Å². The van der Waals surface area contributed by atoms with Gasteiger partial charge in [0.15, 0.2) is 0 Å². The summed E-state index contributed by atoms with van der Waals surface area (Å²) in [5, 5.41) is 1.72. The van der Waals surface area contributed by atoms with E-state index in [1.165, 1.54) is 7.11 Å². The molecule has 0 bridgehead atoms. The van der Waals surface area contributed by atoms with E-state index in [1.54, 1.807) is 30.6 Å². The number of pyridine rings is 1. The zero-order valence-electron chi connectivity index (χ0n) is 8.23. The summed E-state index contributed by atoms with van der Waals surface area (Å²) in [6.45, 7) is 0. The summed E-state index contributed by atoms with van der Waals surface area (Å²) < 4.78 is 4.63. The molecule has 1 heterocycles. The van der Waals surface area contributed by atoms with Gasteiger partial charge in [-0.05, 0) is 12.1 Å². The molecule has 0 unspecified atom stereocenters. The van der Waals surface area contributed by atoms with Crippen molar-refractivity contribution in [1.29, 1.82) is 0 Å². The molecule has 2 aromatic rings. The number of rotatable bonds is 1. The van der Waals surface area contributed by atoms with Crippen LogP contribution in [0.1, 0.15) is 10.4 Å². The first kappa shape index (κ1) is 9.45. The highest BCUT2D eigenvalue weighted by molar-refractivity contribution is 6.05. The molecule has 0 saturated carbocycles. The maximum absolute atomic E-state index is 11.4. The first-order valence-electron chi connectivity index (χ1n) is 4.44. The Bertz CT molecular complexity index is 523. The van der Waals surface area contributed by atoms with E-state index in [-0.39, 0.29) is 0 Å². The first-order chi connectivity index (χ1) is 7.24. The van der Waals surface area contributed by atoms with Crippen molar-refractivity contribution >= 4 is 22.4 Å². The average molecular weight is 202 g/mol. The van der Waals surface area contributed by atoms with E-state index in [0.717, 1.165) is 10.8 Å². The summed E-state index contributed by atoms with van der Waals surface area (Å²) >= 11 is 0. The van der Waals surface area contributed by atoms with E-state index in [4.69, 9.17) is 5.73 Å². The molecule has 0 radical (unpaired) electrons. The van der Waals surface area contributed by atoms with Gasteiger partial charge in [-0.25, -0.2) is 4.79 Å². The predicted octanol–water partition coefficient (Wildman–Crippen LogP) is 1.60. The number of aromatic nitrogens is 1. The summed E-state index contributed by atoms with van der Waals surface area (Å²) in [6.07, 6.45) is 3.34. The number of nitrogens with zero attached hydrogens (tertiary/aromatic N) is 1. The van der Waals surface area contributed by atoms with Gasteiger partial charge in [0.25, 0.3) is 0 Å². The monoisotopic (exact) mass is 202 g/mol. The molecule has 1 aromatic heterocycles. The third-order valence-corrected chi connectivity index (χ3v) is 2.27. The Morgan fingerprint density at radius 2 is 2.20 bits per heavy atom. The highest BCUT2D eigenvalue weighted by Gasteiger charge is 2.11. The second kappa shape index (κ2) is 3.57. The number of hydrogen-bond acceptors (Lipinski definition) is 4. The standard InChI is InChI=1S/C11H10N2O2/c1-15-11(14)9-3-2-7-6-13-5-4-8(7)10(9)12/h2-6H,12H2,1H3. The Balaban J connectivity index is 2.70. The van der Waals surface area contributed by atoms with Gasteiger partial charge >= 0.3 is 5.97 Å². The molecule has 0 atom stereocenters. The smallest absolute Gasteiger partial charge is 0.339 e. The summed E-state index contributed by atoms with van der Waals surface area (Å²) in [6, 6.07) is 5.22. The number of benzene rings is 1. The quantitative estimate of drug-likeness (QED) is 0.563. The average Bonchev–Trinajstić information content (AvgIpc) is 2.29. The van der Waals surface area contributed by atoms with Crippen LogP contribution in [0.2, 0.25) is 0 Å². The number of methoxy groups -OCH3 is 1. The normalized spacial score (nSPS) is 10.2. The minimum absolute atomic E-state index is 0.385. The van der Waals surface area contributed by atoms with Crippen molar-refractivity contribution in [3.63, 3.8) is 0 Å². The van der Waals surface area contributed by atoms with E-state index in [0.29, 0.717) is 11.3 Å². The Labute approximate surface area is 86.7 Å². The second-order valence-corrected chi connectivity index (χ2v) is 3.12. The highest BCUT2D eigenvalue weighted by atomic mass is 16.5. The minimum Gasteiger partial charge on any atom is -0.465 e. The van der Waals surface area contributed by atoms with Crippen LogP contribution in [-0.2, 0) is 4.74 Å². The van der Waals surface area contributed by atoms with Gasteiger partial charge in [0.1, 0.15) is 0 Å². The lowest BCUT2D eigenvalue weighted by molar-refractivity contribution is 0.0602. The highest BCUT2D eigenvalue weighted by Crippen LogP contribution is 2.24. The van der Waals surface area contributed by atoms with Gasteiger partial charge in [-0.15, -0.1) is 0 Å². The molecule has 2 rings (SSSR count). The number of nitrogen functional groups attached to an aromatic ring is 1. The maximum atomic E-state index is 11.4. The molecule has 1 aromatic carbocycles. The Hall–Kier alpha value is -2.10. The molecule has 4 heteroatoms. The minimum atomic E-state index is -0.425. The molecular weight excluding hydrogens is 192 g/mol. The van der Waals surface area contributed by atoms with Crippen molar-refractivity contribution in [2.45, 2.75) is 0 Å². The van der Waals surface area contributed by atoms with Crippen molar-refractivity contribution in [2.75, 3.05) is 12.8 Å². The van der Waals surface area contributed by atoms with E-state index >= 15 is 0 Å². The molecule has 0 aliphatic heterocycles. The first-order valence-corrected chi connectivity index (χ1v) is 4.44. The molecule has 0 spiro atoms. The zero-order valence-corrected chi connectivity index (χ0v) is 8.23. The van der Waals surface area contributed by atoms with Crippen molar-refractivity contribution in [1.82, 2.24) is 4.98 Å². The van der Waals surface area contributed by atoms with Crippen LogP contribution in [0.25, 0.3) is 10.8 Å². The van der Waals surface area contributed by atoms with Gasteiger partial charge in [0, 0.05) is 23.2 Å². The number of carbonyl (C=O) groups excluding carboxylic acids is 1. The topological polar surface area (TPSA) is 65.2 Å². The molecular formula is C11H10N2O2. The second-order valence-electron chi connectivity index (χ2n) is 3.12. The lowest BCUT2D eigenvalue weighted by atomic mass is 10.1. The van der Waals surface area contributed by atoms with E-state index in [1.807, 2.05) is 0 Å². The third-order valence-electron chi connectivity index (χ3n) is 2.27. The lowest BCUT2D eigenvalue weighted by Crippen LogP contribution is -2.05. The van der Waals surface area contributed by atoms with Crippen LogP contribution in [0.4, 0.5) is 5.69 Å². The summed E-state index contributed by atoms with van der Waals surface area (Å²) in [7, 11) is 1.33. The summed E-state index contributed by atoms with van der Waals surface area (Å²) in [4.78, 5) is 15.3. The number of ether oxygens (including phenoxy) is 1. The van der Waals surface area contributed by atoms with Crippen LogP contribution in [0.5, 0.6) is 0 Å². The van der Waals surface area contributed by atoms with Crippen LogP contribution >= 0.6 is 0 Å². The van der Waals surface area contributed by atoms with Crippen LogP contribution in [0.15, 0.2) is 30.6 Å². The molecule has 0 amide bonds. The molecule has 0 saturated heterocycles. The molecule has 2 N–H and O–H groups in total. The van der Waals surface area contributed by atoms with Crippen molar-refractivity contribution in [3.8, 4) is 0 Å². The number of anilines is 1. The number of esters is 1. The van der Waals surface area contributed by atoms with Crippen LogP contribution in [-0.4, -0.2) is 18.1 Å². The van der Waals surface area contributed by atoms with Gasteiger partial charge < -0.3 is 10.5 Å². The molecule has 0 fully saturated rings. The summed E-state index contributed by atoms with van der Waals surface area (Å²) in [5.74, 6) is -0.425. The van der Waals surface area contributed by atoms with Gasteiger partial charge in [-0.3, -0.25) is 4.98 Å². The van der Waals surface area contributed by atoms with Crippen LogP contribution in [0, 0.1) is 0 Å². The SMILES string of the molecule is COC(=O)c1ccc2cnccc2c1N. The zero-order chi connectivity index (χ0) is 10.8. The predicted molar refractivity (Wildman–Crippen MR) is 57.5 cm³/mol. The largest absolute Gasteiger partial charge is 0.465 e. The fourth-order valence-electron chi connectivity index (χ4n) is 1.48. The molecule has 4 nitrogen and oxygen atoms in total. The Kier molecular flexibility index (Phi) is 2.25. The number of carbonyl (C=O) groups is 1. The fraction of sp³-hybridized carbons (Fsp3) is 0.0909. The van der Waals surface area contributed by atoms with Crippen molar-refractivity contribution in [3.05, 3.63) is 36.2 Å². The molecule has 15 heavy (non-hydrogen) atoms. The van der Waals surface area contributed by atoms with E-state index in [9.17, 15) is 4.79 Å². The van der Waals surface area contributed by atoms with E-state index < -0.39 is 5.97 Å². The van der Waals surface area contributed by atoms with Gasteiger partial charge in [-0.2, -0.15) is 0 Å². The summed E-state index contributed by atoms with van der Waals surface area (Å²) in [5.41, 5.74) is 6.68. The van der Waals surface area contributed by atoms with E-state index in [2.05, 4.69) is 9.72 Å². The maximum Gasteiger partial charge on any atom is 0.339 e. The third kappa shape index (κ3) is 1.50. The molecule has 0 aliphatic carbocycles. The van der Waals surface area contributed by atoms with Crippen molar-refractivity contribution in [2.24, 2.45) is 0 Å². The number of hydrogen-bond donors (Lipinski definition) is 1. The molecule has 0 aliphatic rings. The molecule has 76 valence electrons. The van der Waals surface area contributed by atoms with Gasteiger partial charge in [0.05, 0.1) is 18.4 Å². The number of fused-ring (bicyclic) bond motifs is 1. The van der Waals surface area contributed by atoms with Crippen LogP contribution in [0.3, 0.4) is 0 Å². The van der Waals surface area contributed by atoms with Crippen LogP contribution < -0.4 is 5.73 Å². The van der Waals surface area contributed by atoms with Gasteiger partial charge in [0.2, 0.25) is 0 Å². The van der Waals surface area contributed by atoms with Gasteiger partial charge in [-0.1, -0.05) is 6.07 Å². The Morgan fingerprint density at radius 1 is 1.40 bits per heavy atom. The fourth-order valence-corrected chi connectivity index (χ4v) is 1.48. The lowest BCUT2D eigenvalue weighted by Gasteiger charge is -2.06.